The number of likely N-dealkylation sites (tertiary alicyclic amines) is 1. The van der Waals surface area contributed by atoms with E-state index in [0.717, 1.165) is 25.4 Å². The van der Waals surface area contributed by atoms with Crippen molar-refractivity contribution < 1.29 is 5.11 Å². The van der Waals surface area contributed by atoms with Crippen LogP contribution in [0.3, 0.4) is 0 Å². The summed E-state index contributed by atoms with van der Waals surface area (Å²) < 4.78 is 1.87. The zero-order chi connectivity index (χ0) is 14.1. The average molecular weight is 277 g/mol. The summed E-state index contributed by atoms with van der Waals surface area (Å²) in [6, 6.07) is 0.563. The number of hydrogen-bond acceptors (Lipinski definition) is 3. The Balaban J connectivity index is 1.68. The van der Waals surface area contributed by atoms with Crippen molar-refractivity contribution in [3.63, 3.8) is 0 Å². The average Bonchev–Trinajstić information content (AvgIpc) is 3.02. The van der Waals surface area contributed by atoms with E-state index in [1.807, 2.05) is 17.9 Å². The third kappa shape index (κ3) is 2.91. The molecular weight excluding hydrogens is 250 g/mol. The molecule has 0 amide bonds. The Morgan fingerprint density at radius 3 is 2.95 bits per heavy atom. The van der Waals surface area contributed by atoms with E-state index in [-0.39, 0.29) is 6.10 Å². The summed E-state index contributed by atoms with van der Waals surface area (Å²) in [4.78, 5) is 2.57. The SMILES string of the molecule is C[C@@H]1CC[C@H](O)[C@@H]([C@H]2CCCN2Cc2cnn(C)c2)C1. The molecule has 4 nitrogen and oxygen atoms in total. The van der Waals surface area contributed by atoms with Crippen LogP contribution >= 0.6 is 0 Å². The molecule has 1 N–H and O–H groups in total. The molecule has 4 heteroatoms. The van der Waals surface area contributed by atoms with Gasteiger partial charge in [-0.1, -0.05) is 6.92 Å². The molecule has 112 valence electrons. The summed E-state index contributed by atoms with van der Waals surface area (Å²) in [5, 5.41) is 14.7. The van der Waals surface area contributed by atoms with Crippen LogP contribution in [-0.2, 0) is 13.6 Å². The largest absolute Gasteiger partial charge is 0.393 e. The van der Waals surface area contributed by atoms with Gasteiger partial charge < -0.3 is 5.11 Å². The number of nitrogens with zero attached hydrogens (tertiary/aromatic N) is 3. The van der Waals surface area contributed by atoms with Gasteiger partial charge in [-0.3, -0.25) is 9.58 Å². The first-order valence-corrected chi connectivity index (χ1v) is 8.03. The van der Waals surface area contributed by atoms with Gasteiger partial charge in [0, 0.05) is 37.3 Å². The maximum absolute atomic E-state index is 10.4. The fourth-order valence-corrected chi connectivity index (χ4v) is 4.14. The predicted octanol–water partition coefficient (Wildman–Crippen LogP) is 2.18. The second-order valence-electron chi connectivity index (χ2n) is 6.85. The van der Waals surface area contributed by atoms with Crippen LogP contribution in [0, 0.1) is 11.8 Å². The molecule has 1 aliphatic carbocycles. The number of aliphatic hydroxyl groups is 1. The summed E-state index contributed by atoms with van der Waals surface area (Å²) in [5.74, 6) is 1.24. The lowest BCUT2D eigenvalue weighted by Gasteiger charge is -2.39. The quantitative estimate of drug-likeness (QED) is 0.920. The van der Waals surface area contributed by atoms with Gasteiger partial charge in [-0.15, -0.1) is 0 Å². The highest BCUT2D eigenvalue weighted by Gasteiger charge is 2.38. The van der Waals surface area contributed by atoms with Crippen LogP contribution in [-0.4, -0.2) is 38.5 Å². The fraction of sp³-hybridized carbons (Fsp3) is 0.812. The van der Waals surface area contributed by atoms with E-state index < -0.39 is 0 Å². The lowest BCUT2D eigenvalue weighted by atomic mass is 9.76. The molecule has 1 saturated carbocycles. The Hall–Kier alpha value is -0.870. The van der Waals surface area contributed by atoms with Gasteiger partial charge in [0.05, 0.1) is 12.3 Å². The standard InChI is InChI=1S/C16H27N3O/c1-12-5-6-16(20)14(8-12)15-4-3-7-19(15)11-13-9-17-18(2)10-13/h9-10,12,14-16,20H,3-8,11H2,1-2H3/t12-,14-,15-,16+/m1/s1. The Labute approximate surface area is 121 Å². The minimum absolute atomic E-state index is 0.0919. The van der Waals surface area contributed by atoms with Crippen molar-refractivity contribution in [2.24, 2.45) is 18.9 Å². The number of rotatable bonds is 3. The first-order valence-electron chi connectivity index (χ1n) is 8.03. The van der Waals surface area contributed by atoms with Gasteiger partial charge in [-0.25, -0.2) is 0 Å². The molecule has 1 aliphatic heterocycles. The summed E-state index contributed by atoms with van der Waals surface area (Å²) in [6.07, 6.45) is 9.86. The van der Waals surface area contributed by atoms with Crippen LogP contribution < -0.4 is 0 Å². The molecule has 0 radical (unpaired) electrons. The van der Waals surface area contributed by atoms with Gasteiger partial charge in [0.2, 0.25) is 0 Å². The normalized spacial score (nSPS) is 35.5. The third-order valence-electron chi connectivity index (χ3n) is 5.18. The molecule has 2 aliphatic rings. The molecule has 20 heavy (non-hydrogen) atoms. The maximum Gasteiger partial charge on any atom is 0.0583 e. The van der Waals surface area contributed by atoms with Crippen LogP contribution in [0.5, 0.6) is 0 Å². The van der Waals surface area contributed by atoms with Crippen molar-refractivity contribution in [3.8, 4) is 0 Å². The number of aryl methyl sites for hydroxylation is 1. The molecule has 0 spiro atoms. The van der Waals surface area contributed by atoms with Crippen molar-refractivity contribution in [2.75, 3.05) is 6.54 Å². The van der Waals surface area contributed by atoms with Crippen LogP contribution in [0.4, 0.5) is 0 Å². The molecule has 0 aromatic carbocycles. The van der Waals surface area contributed by atoms with Gasteiger partial charge in [0.25, 0.3) is 0 Å². The van der Waals surface area contributed by atoms with E-state index in [1.165, 1.54) is 31.2 Å². The van der Waals surface area contributed by atoms with Crippen molar-refractivity contribution in [1.82, 2.24) is 14.7 Å². The van der Waals surface area contributed by atoms with Crippen LogP contribution in [0.15, 0.2) is 12.4 Å². The summed E-state index contributed by atoms with van der Waals surface area (Å²) in [5.41, 5.74) is 1.29. The molecule has 2 fully saturated rings. The zero-order valence-electron chi connectivity index (χ0n) is 12.7. The molecule has 0 bridgehead atoms. The van der Waals surface area contributed by atoms with E-state index in [4.69, 9.17) is 0 Å². The van der Waals surface area contributed by atoms with E-state index >= 15 is 0 Å². The minimum Gasteiger partial charge on any atom is -0.393 e. The Morgan fingerprint density at radius 1 is 1.35 bits per heavy atom. The third-order valence-corrected chi connectivity index (χ3v) is 5.18. The molecule has 1 saturated heterocycles. The molecule has 1 aromatic rings. The Kier molecular flexibility index (Phi) is 4.13. The molecule has 2 heterocycles. The van der Waals surface area contributed by atoms with E-state index in [9.17, 15) is 5.11 Å². The highest BCUT2D eigenvalue weighted by Crippen LogP contribution is 2.37. The van der Waals surface area contributed by atoms with E-state index in [1.54, 1.807) is 0 Å². The van der Waals surface area contributed by atoms with Crippen LogP contribution in [0.2, 0.25) is 0 Å². The smallest absolute Gasteiger partial charge is 0.0583 e. The van der Waals surface area contributed by atoms with Crippen molar-refractivity contribution >= 4 is 0 Å². The molecule has 1 aromatic heterocycles. The van der Waals surface area contributed by atoms with Crippen molar-refractivity contribution in [2.45, 2.75) is 57.7 Å². The van der Waals surface area contributed by atoms with Gasteiger partial charge >= 0.3 is 0 Å². The molecule has 4 atom stereocenters. The van der Waals surface area contributed by atoms with Gasteiger partial charge in [0.15, 0.2) is 0 Å². The van der Waals surface area contributed by atoms with Gasteiger partial charge in [-0.2, -0.15) is 5.10 Å². The summed E-state index contributed by atoms with van der Waals surface area (Å²) in [6.45, 7) is 4.48. The highest BCUT2D eigenvalue weighted by molar-refractivity contribution is 5.05. The van der Waals surface area contributed by atoms with Crippen LogP contribution in [0.25, 0.3) is 0 Å². The number of aliphatic hydroxyl groups excluding tert-OH is 1. The van der Waals surface area contributed by atoms with E-state index in [2.05, 4.69) is 23.1 Å². The van der Waals surface area contributed by atoms with Crippen molar-refractivity contribution in [3.05, 3.63) is 18.0 Å². The molecule has 3 rings (SSSR count). The molecule has 0 unspecified atom stereocenters. The molecular formula is C16H27N3O. The van der Waals surface area contributed by atoms with Gasteiger partial charge in [-0.05, 0) is 44.6 Å². The topological polar surface area (TPSA) is 41.3 Å². The maximum atomic E-state index is 10.4. The fourth-order valence-electron chi connectivity index (χ4n) is 4.14. The van der Waals surface area contributed by atoms with Crippen molar-refractivity contribution in [1.29, 1.82) is 0 Å². The first kappa shape index (κ1) is 14.1. The summed E-state index contributed by atoms with van der Waals surface area (Å²) in [7, 11) is 1.97. The Bertz CT molecular complexity index is 445. The predicted molar refractivity (Wildman–Crippen MR) is 79.2 cm³/mol. The monoisotopic (exact) mass is 277 g/mol. The van der Waals surface area contributed by atoms with E-state index in [0.29, 0.717) is 12.0 Å². The Morgan fingerprint density at radius 2 is 2.20 bits per heavy atom. The zero-order valence-corrected chi connectivity index (χ0v) is 12.7. The van der Waals surface area contributed by atoms with Gasteiger partial charge in [0.1, 0.15) is 0 Å². The first-order chi connectivity index (χ1) is 9.63. The number of aromatic nitrogens is 2. The lowest BCUT2D eigenvalue weighted by molar-refractivity contribution is 0.00553. The highest BCUT2D eigenvalue weighted by atomic mass is 16.3. The lowest BCUT2D eigenvalue weighted by Crippen LogP contribution is -2.43. The second kappa shape index (κ2) is 5.86. The van der Waals surface area contributed by atoms with Crippen LogP contribution in [0.1, 0.15) is 44.6 Å². The minimum atomic E-state index is -0.0919. The number of hydrogen-bond donors (Lipinski definition) is 1. The summed E-state index contributed by atoms with van der Waals surface area (Å²) >= 11 is 0. The second-order valence-corrected chi connectivity index (χ2v) is 6.85.